The molecule has 0 saturated carbocycles. The Morgan fingerprint density at radius 1 is 1.18 bits per heavy atom. The number of aryl methyl sites for hydroxylation is 1. The number of benzene rings is 2. The lowest BCUT2D eigenvalue weighted by Crippen LogP contribution is -2.29. The number of anilines is 1. The zero-order chi connectivity index (χ0) is 23.5. The molecule has 1 N–H and O–H groups in total. The van der Waals surface area contributed by atoms with E-state index in [1.54, 1.807) is 67.6 Å². The molecule has 1 aromatic heterocycles. The molecule has 1 saturated heterocycles. The molecule has 8 heteroatoms. The second-order valence-electron chi connectivity index (χ2n) is 7.37. The summed E-state index contributed by atoms with van der Waals surface area (Å²) in [6.07, 6.45) is 1.62. The van der Waals surface area contributed by atoms with Crippen molar-refractivity contribution in [1.82, 2.24) is 5.16 Å². The van der Waals surface area contributed by atoms with Crippen molar-refractivity contribution in [2.24, 2.45) is 0 Å². The third-order valence-electron chi connectivity index (χ3n) is 5.21. The second kappa shape index (κ2) is 9.04. The van der Waals surface area contributed by atoms with Crippen molar-refractivity contribution in [3.63, 3.8) is 0 Å². The summed E-state index contributed by atoms with van der Waals surface area (Å²) in [5.41, 5.74) is 0.874. The van der Waals surface area contributed by atoms with Crippen molar-refractivity contribution in [2.75, 3.05) is 18.6 Å². The Balaban J connectivity index is 1.86. The van der Waals surface area contributed by atoms with Gasteiger partial charge in [0.15, 0.2) is 5.82 Å². The monoisotopic (exact) mass is 446 g/mol. The lowest BCUT2D eigenvalue weighted by molar-refractivity contribution is -0.132. The zero-order valence-electron chi connectivity index (χ0n) is 18.1. The first-order valence-electron chi connectivity index (χ1n) is 10.2. The minimum Gasteiger partial charge on any atom is -0.507 e. The summed E-state index contributed by atoms with van der Waals surface area (Å²) in [6, 6.07) is 14.1. The predicted octanol–water partition coefficient (Wildman–Crippen LogP) is 4.18. The fourth-order valence-corrected chi connectivity index (χ4v) is 3.68. The molecule has 0 bridgehead atoms. The molecule has 4 rings (SSSR count). The molecular weight excluding hydrogens is 424 g/mol. The molecule has 3 aromatic rings. The third kappa shape index (κ3) is 4.10. The molecule has 168 valence electrons. The maximum atomic E-state index is 13.1. The molecule has 8 nitrogen and oxygen atoms in total. The van der Waals surface area contributed by atoms with Gasteiger partial charge in [0.1, 0.15) is 29.6 Å². The molecular formula is C25H22N2O6. The molecule has 0 aliphatic carbocycles. The van der Waals surface area contributed by atoms with E-state index < -0.39 is 17.7 Å². The molecule has 1 amide bonds. The molecule has 1 aliphatic heterocycles. The van der Waals surface area contributed by atoms with E-state index in [-0.39, 0.29) is 17.2 Å². The van der Waals surface area contributed by atoms with Crippen LogP contribution in [-0.4, -0.2) is 35.7 Å². The average Bonchev–Trinajstić information content (AvgIpc) is 3.38. The van der Waals surface area contributed by atoms with Crippen LogP contribution in [0.5, 0.6) is 11.5 Å². The minimum absolute atomic E-state index is 0.0614. The summed E-state index contributed by atoms with van der Waals surface area (Å²) in [5.74, 6) is -0.177. The van der Waals surface area contributed by atoms with Crippen LogP contribution in [0, 0.1) is 6.92 Å². The largest absolute Gasteiger partial charge is 0.507 e. The lowest BCUT2D eigenvalue weighted by Gasteiger charge is -2.23. The van der Waals surface area contributed by atoms with E-state index >= 15 is 0 Å². The Morgan fingerprint density at radius 2 is 1.94 bits per heavy atom. The van der Waals surface area contributed by atoms with E-state index in [2.05, 4.69) is 11.7 Å². The highest BCUT2D eigenvalue weighted by Crippen LogP contribution is 2.42. The first kappa shape index (κ1) is 21.9. The van der Waals surface area contributed by atoms with Crippen LogP contribution >= 0.6 is 0 Å². The molecule has 1 aliphatic rings. The number of amides is 1. The van der Waals surface area contributed by atoms with E-state index in [0.717, 1.165) is 0 Å². The number of nitrogens with zero attached hydrogens (tertiary/aromatic N) is 2. The van der Waals surface area contributed by atoms with Crippen molar-refractivity contribution in [1.29, 1.82) is 0 Å². The Hall–Kier alpha value is -4.33. The summed E-state index contributed by atoms with van der Waals surface area (Å²) in [4.78, 5) is 27.4. The Morgan fingerprint density at radius 3 is 2.58 bits per heavy atom. The summed E-state index contributed by atoms with van der Waals surface area (Å²) < 4.78 is 15.9. The highest BCUT2D eigenvalue weighted by Gasteiger charge is 2.48. The number of hydrogen-bond acceptors (Lipinski definition) is 7. The molecule has 1 fully saturated rings. The zero-order valence-corrected chi connectivity index (χ0v) is 18.1. The van der Waals surface area contributed by atoms with Crippen LogP contribution in [0.2, 0.25) is 0 Å². The number of carbonyl (C=O) groups is 2. The van der Waals surface area contributed by atoms with Crippen LogP contribution in [-0.2, 0) is 9.59 Å². The molecule has 0 spiro atoms. The van der Waals surface area contributed by atoms with Gasteiger partial charge in [-0.1, -0.05) is 29.9 Å². The number of carbonyl (C=O) groups excluding carboxylic acids is 2. The van der Waals surface area contributed by atoms with Crippen LogP contribution in [0.15, 0.2) is 77.3 Å². The highest BCUT2D eigenvalue weighted by atomic mass is 16.5. The fourth-order valence-electron chi connectivity index (χ4n) is 3.68. The number of aromatic nitrogens is 1. The van der Waals surface area contributed by atoms with Gasteiger partial charge in [0, 0.05) is 11.6 Å². The van der Waals surface area contributed by atoms with Gasteiger partial charge in [0.05, 0.1) is 18.7 Å². The summed E-state index contributed by atoms with van der Waals surface area (Å²) in [5, 5.41) is 15.1. The van der Waals surface area contributed by atoms with Crippen LogP contribution in [0.3, 0.4) is 0 Å². The van der Waals surface area contributed by atoms with Gasteiger partial charge in [0.2, 0.25) is 0 Å². The quantitative estimate of drug-likeness (QED) is 0.251. The summed E-state index contributed by atoms with van der Waals surface area (Å²) >= 11 is 0. The smallest absolute Gasteiger partial charge is 0.301 e. The first-order valence-corrected chi connectivity index (χ1v) is 10.2. The molecule has 2 heterocycles. The van der Waals surface area contributed by atoms with Crippen molar-refractivity contribution >= 4 is 23.3 Å². The maximum absolute atomic E-state index is 13.1. The van der Waals surface area contributed by atoms with Gasteiger partial charge in [-0.3, -0.25) is 14.5 Å². The number of aliphatic hydroxyl groups is 1. The Labute approximate surface area is 190 Å². The molecule has 1 atom stereocenters. The fraction of sp³-hybridized carbons (Fsp3) is 0.160. The molecule has 33 heavy (non-hydrogen) atoms. The number of rotatable bonds is 7. The van der Waals surface area contributed by atoms with Gasteiger partial charge in [0.25, 0.3) is 5.78 Å². The van der Waals surface area contributed by atoms with Crippen molar-refractivity contribution in [2.45, 2.75) is 13.0 Å². The van der Waals surface area contributed by atoms with Gasteiger partial charge in [-0.2, -0.15) is 0 Å². The van der Waals surface area contributed by atoms with Crippen LogP contribution in [0.4, 0.5) is 5.82 Å². The van der Waals surface area contributed by atoms with Gasteiger partial charge in [-0.15, -0.1) is 0 Å². The molecule has 0 unspecified atom stereocenters. The van der Waals surface area contributed by atoms with Crippen molar-refractivity contribution in [3.05, 3.63) is 89.7 Å². The Bertz CT molecular complexity index is 1240. The van der Waals surface area contributed by atoms with E-state index in [4.69, 9.17) is 14.0 Å². The van der Waals surface area contributed by atoms with E-state index in [0.29, 0.717) is 35.0 Å². The van der Waals surface area contributed by atoms with Crippen molar-refractivity contribution < 1.29 is 28.7 Å². The second-order valence-corrected chi connectivity index (χ2v) is 7.37. The van der Waals surface area contributed by atoms with Gasteiger partial charge >= 0.3 is 5.91 Å². The highest BCUT2D eigenvalue weighted by molar-refractivity contribution is 6.51. The number of hydrogen-bond donors (Lipinski definition) is 1. The van der Waals surface area contributed by atoms with Gasteiger partial charge in [-0.05, 0) is 48.9 Å². The minimum atomic E-state index is -0.929. The number of Topliss-reactive ketones (excluding diaryl/α,β-unsaturated/α-hetero) is 1. The van der Waals surface area contributed by atoms with Crippen LogP contribution in [0.25, 0.3) is 5.76 Å². The van der Waals surface area contributed by atoms with E-state index in [1.807, 2.05) is 0 Å². The normalized spacial score (nSPS) is 17.3. The number of ketones is 1. The average molecular weight is 446 g/mol. The maximum Gasteiger partial charge on any atom is 0.301 e. The topological polar surface area (TPSA) is 102 Å². The summed E-state index contributed by atoms with van der Waals surface area (Å²) in [7, 11) is 1.52. The SMILES string of the molecule is C=CCOc1ccc(/C(O)=C2\C(=O)C(=O)N(c3cc(C)on3)[C@H]2c2cccc(OC)c2)cc1. The molecule has 2 aromatic carbocycles. The van der Waals surface area contributed by atoms with Crippen molar-refractivity contribution in [3.8, 4) is 11.5 Å². The number of methoxy groups -OCH3 is 1. The van der Waals surface area contributed by atoms with E-state index in [1.165, 1.54) is 12.0 Å². The Kier molecular flexibility index (Phi) is 5.99. The summed E-state index contributed by atoms with van der Waals surface area (Å²) in [6.45, 7) is 5.63. The number of aliphatic hydroxyl groups excluding tert-OH is 1. The predicted molar refractivity (Wildman–Crippen MR) is 121 cm³/mol. The van der Waals surface area contributed by atoms with Gasteiger partial charge in [-0.25, -0.2) is 0 Å². The number of ether oxygens (including phenoxy) is 2. The molecule has 0 radical (unpaired) electrons. The lowest BCUT2D eigenvalue weighted by atomic mass is 9.95. The van der Waals surface area contributed by atoms with E-state index in [9.17, 15) is 14.7 Å². The first-order chi connectivity index (χ1) is 15.9. The van der Waals surface area contributed by atoms with Gasteiger partial charge < -0.3 is 19.1 Å². The van der Waals surface area contributed by atoms with Crippen LogP contribution < -0.4 is 14.4 Å². The third-order valence-corrected chi connectivity index (χ3v) is 5.21. The standard InChI is InChI=1S/C25H22N2O6/c1-4-12-32-18-10-8-16(9-11-18)23(28)21-22(17-6-5-7-19(14-17)31-3)27(25(30)24(21)29)20-13-15(2)33-26-20/h4-11,13-14,22,28H,1,12H2,2-3H3/b23-21+/t22-/m0/s1. The van der Waals surface area contributed by atoms with Crippen LogP contribution in [0.1, 0.15) is 22.9 Å².